The zero-order chi connectivity index (χ0) is 17.8. The number of nitrogens with zero attached hydrogens (tertiary/aromatic N) is 2. The summed E-state index contributed by atoms with van der Waals surface area (Å²) in [6.07, 6.45) is 3.18. The van der Waals surface area contributed by atoms with E-state index in [-0.39, 0.29) is 17.7 Å². The standard InChI is InChI=1S/C19H26N2O4/c1-24-11-10-20-13-14(12-18(20)22)19(23)21-9-4-3-6-15-16(21)7-5-8-17(15)25-2/h5,7-8,14H,3-4,6,9-13H2,1-2H3/t14-/m1/s1. The molecule has 2 amide bonds. The Hall–Kier alpha value is -2.08. The fourth-order valence-corrected chi connectivity index (χ4v) is 3.75. The highest BCUT2D eigenvalue weighted by atomic mass is 16.5. The maximum atomic E-state index is 13.2. The van der Waals surface area contributed by atoms with Gasteiger partial charge in [0.2, 0.25) is 11.8 Å². The fourth-order valence-electron chi connectivity index (χ4n) is 3.75. The van der Waals surface area contributed by atoms with E-state index in [0.717, 1.165) is 36.3 Å². The molecule has 1 aromatic rings. The molecule has 0 spiro atoms. The van der Waals surface area contributed by atoms with Crippen LogP contribution >= 0.6 is 0 Å². The molecule has 2 aliphatic heterocycles. The Balaban J connectivity index is 1.80. The van der Waals surface area contributed by atoms with Crippen molar-refractivity contribution in [2.75, 3.05) is 45.4 Å². The summed E-state index contributed by atoms with van der Waals surface area (Å²) >= 11 is 0. The second-order valence-corrected chi connectivity index (χ2v) is 6.64. The molecular formula is C19H26N2O4. The van der Waals surface area contributed by atoms with Gasteiger partial charge in [-0.2, -0.15) is 0 Å². The number of ether oxygens (including phenoxy) is 2. The number of hydrogen-bond acceptors (Lipinski definition) is 4. The van der Waals surface area contributed by atoms with E-state index in [2.05, 4.69) is 0 Å². The summed E-state index contributed by atoms with van der Waals surface area (Å²) in [6, 6.07) is 5.85. The summed E-state index contributed by atoms with van der Waals surface area (Å²) in [5, 5.41) is 0. The topological polar surface area (TPSA) is 59.1 Å². The zero-order valence-corrected chi connectivity index (χ0v) is 15.0. The lowest BCUT2D eigenvalue weighted by atomic mass is 10.0. The number of amides is 2. The van der Waals surface area contributed by atoms with Crippen LogP contribution in [0.3, 0.4) is 0 Å². The van der Waals surface area contributed by atoms with Crippen LogP contribution in [0.15, 0.2) is 18.2 Å². The van der Waals surface area contributed by atoms with E-state index < -0.39 is 0 Å². The van der Waals surface area contributed by atoms with Gasteiger partial charge < -0.3 is 19.3 Å². The van der Waals surface area contributed by atoms with Gasteiger partial charge in [-0.1, -0.05) is 6.07 Å². The second kappa shape index (κ2) is 7.87. The van der Waals surface area contributed by atoms with Crippen molar-refractivity contribution in [3.05, 3.63) is 23.8 Å². The number of fused-ring (bicyclic) bond motifs is 1. The van der Waals surface area contributed by atoms with E-state index in [1.807, 2.05) is 23.1 Å². The highest BCUT2D eigenvalue weighted by Crippen LogP contribution is 2.35. The average Bonchev–Trinajstić information content (AvgIpc) is 2.86. The van der Waals surface area contributed by atoms with Gasteiger partial charge in [0.1, 0.15) is 5.75 Å². The molecule has 1 fully saturated rings. The van der Waals surface area contributed by atoms with Crippen molar-refractivity contribution < 1.29 is 19.1 Å². The molecule has 0 radical (unpaired) electrons. The summed E-state index contributed by atoms with van der Waals surface area (Å²) in [5.41, 5.74) is 2.03. The maximum absolute atomic E-state index is 13.2. The van der Waals surface area contributed by atoms with Crippen LogP contribution in [0.5, 0.6) is 5.75 Å². The SMILES string of the molecule is COCCN1C[C@H](C(=O)N2CCCCc3c(OC)cccc32)CC1=O. The van der Waals surface area contributed by atoms with Gasteiger partial charge in [-0.3, -0.25) is 9.59 Å². The Morgan fingerprint density at radius 2 is 2.12 bits per heavy atom. The van der Waals surface area contributed by atoms with Crippen molar-refractivity contribution in [2.45, 2.75) is 25.7 Å². The third-order valence-electron chi connectivity index (χ3n) is 5.07. The van der Waals surface area contributed by atoms with Crippen LogP contribution in [0, 0.1) is 5.92 Å². The summed E-state index contributed by atoms with van der Waals surface area (Å²) in [4.78, 5) is 28.9. The van der Waals surface area contributed by atoms with Crippen LogP contribution in [0.4, 0.5) is 5.69 Å². The third-order valence-corrected chi connectivity index (χ3v) is 5.07. The second-order valence-electron chi connectivity index (χ2n) is 6.64. The molecule has 0 aromatic heterocycles. The molecule has 1 aromatic carbocycles. The zero-order valence-electron chi connectivity index (χ0n) is 15.0. The van der Waals surface area contributed by atoms with Crippen LogP contribution in [0.1, 0.15) is 24.8 Å². The van der Waals surface area contributed by atoms with Gasteiger partial charge in [0.05, 0.1) is 25.3 Å². The lowest BCUT2D eigenvalue weighted by Gasteiger charge is -2.26. The first kappa shape index (κ1) is 17.7. The number of hydrogen-bond donors (Lipinski definition) is 0. The number of rotatable bonds is 5. The van der Waals surface area contributed by atoms with E-state index in [1.165, 1.54) is 0 Å². The van der Waals surface area contributed by atoms with E-state index in [1.54, 1.807) is 19.1 Å². The smallest absolute Gasteiger partial charge is 0.232 e. The van der Waals surface area contributed by atoms with Crippen LogP contribution < -0.4 is 9.64 Å². The molecule has 0 unspecified atom stereocenters. The Morgan fingerprint density at radius 1 is 1.28 bits per heavy atom. The van der Waals surface area contributed by atoms with Gasteiger partial charge in [-0.15, -0.1) is 0 Å². The van der Waals surface area contributed by atoms with Crippen molar-refractivity contribution in [3.8, 4) is 5.75 Å². The highest BCUT2D eigenvalue weighted by molar-refractivity contribution is 5.99. The maximum Gasteiger partial charge on any atom is 0.232 e. The molecule has 0 N–H and O–H groups in total. The molecule has 1 saturated heterocycles. The van der Waals surface area contributed by atoms with E-state index >= 15 is 0 Å². The first-order valence-corrected chi connectivity index (χ1v) is 8.89. The van der Waals surface area contributed by atoms with Crippen molar-refractivity contribution in [1.29, 1.82) is 0 Å². The predicted molar refractivity (Wildman–Crippen MR) is 94.8 cm³/mol. The minimum Gasteiger partial charge on any atom is -0.496 e. The fraction of sp³-hybridized carbons (Fsp3) is 0.579. The third kappa shape index (κ3) is 3.63. The molecule has 25 heavy (non-hydrogen) atoms. The predicted octanol–water partition coefficient (Wildman–Crippen LogP) is 1.86. The Labute approximate surface area is 148 Å². The Bertz CT molecular complexity index is 646. The number of methoxy groups -OCH3 is 2. The van der Waals surface area contributed by atoms with Crippen molar-refractivity contribution in [1.82, 2.24) is 4.90 Å². The lowest BCUT2D eigenvalue weighted by Crippen LogP contribution is -2.38. The van der Waals surface area contributed by atoms with Crippen molar-refractivity contribution >= 4 is 17.5 Å². The highest BCUT2D eigenvalue weighted by Gasteiger charge is 2.37. The van der Waals surface area contributed by atoms with Gasteiger partial charge in [-0.25, -0.2) is 0 Å². The first-order valence-electron chi connectivity index (χ1n) is 8.89. The molecule has 3 rings (SSSR count). The summed E-state index contributed by atoms with van der Waals surface area (Å²) in [6.45, 7) is 2.22. The van der Waals surface area contributed by atoms with Gasteiger partial charge >= 0.3 is 0 Å². The Kier molecular flexibility index (Phi) is 5.58. The van der Waals surface area contributed by atoms with Crippen LogP contribution in [0.25, 0.3) is 0 Å². The quantitative estimate of drug-likeness (QED) is 0.817. The number of likely N-dealkylation sites (tertiary alicyclic amines) is 1. The molecule has 1 atom stereocenters. The molecule has 0 bridgehead atoms. The van der Waals surface area contributed by atoms with E-state index in [9.17, 15) is 9.59 Å². The molecule has 2 aliphatic rings. The minimum atomic E-state index is -0.276. The summed E-state index contributed by atoms with van der Waals surface area (Å²) < 4.78 is 10.5. The number of carbonyl (C=O) groups is 2. The summed E-state index contributed by atoms with van der Waals surface area (Å²) in [5.74, 6) is 0.642. The molecular weight excluding hydrogens is 320 g/mol. The van der Waals surface area contributed by atoms with Crippen LogP contribution in [-0.4, -0.2) is 57.2 Å². The molecule has 6 nitrogen and oxygen atoms in total. The number of carbonyl (C=O) groups excluding carboxylic acids is 2. The molecule has 0 aliphatic carbocycles. The largest absolute Gasteiger partial charge is 0.496 e. The molecule has 136 valence electrons. The number of anilines is 1. The Morgan fingerprint density at radius 3 is 2.88 bits per heavy atom. The minimum absolute atomic E-state index is 0.0380. The average molecular weight is 346 g/mol. The molecule has 0 saturated carbocycles. The normalized spacial score (nSPS) is 20.4. The van der Waals surface area contributed by atoms with Gasteiger partial charge in [0, 0.05) is 38.7 Å². The van der Waals surface area contributed by atoms with Gasteiger partial charge in [-0.05, 0) is 31.4 Å². The summed E-state index contributed by atoms with van der Waals surface area (Å²) in [7, 11) is 3.28. The lowest BCUT2D eigenvalue weighted by molar-refractivity contribution is -0.128. The number of benzene rings is 1. The monoisotopic (exact) mass is 346 g/mol. The van der Waals surface area contributed by atoms with E-state index in [4.69, 9.17) is 9.47 Å². The van der Waals surface area contributed by atoms with Crippen LogP contribution in [0.2, 0.25) is 0 Å². The van der Waals surface area contributed by atoms with Crippen LogP contribution in [-0.2, 0) is 20.7 Å². The van der Waals surface area contributed by atoms with Gasteiger partial charge in [0.25, 0.3) is 0 Å². The van der Waals surface area contributed by atoms with Crippen molar-refractivity contribution in [2.24, 2.45) is 5.92 Å². The first-order chi connectivity index (χ1) is 12.2. The van der Waals surface area contributed by atoms with E-state index in [0.29, 0.717) is 32.7 Å². The molecule has 6 heteroatoms. The molecule has 2 heterocycles. The van der Waals surface area contributed by atoms with Gasteiger partial charge in [0.15, 0.2) is 0 Å². The van der Waals surface area contributed by atoms with Crippen molar-refractivity contribution in [3.63, 3.8) is 0 Å².